The lowest BCUT2D eigenvalue weighted by molar-refractivity contribution is -0.0173. The highest BCUT2D eigenvalue weighted by Gasteiger charge is 2.28. The van der Waals surface area contributed by atoms with Crippen LogP contribution in [-0.2, 0) is 11.2 Å². The smallest absolute Gasteiger partial charge is 0.234 e. The van der Waals surface area contributed by atoms with E-state index < -0.39 is 0 Å². The number of halogens is 2. The summed E-state index contributed by atoms with van der Waals surface area (Å²) in [5.74, 6) is 1.86. The Kier molecular flexibility index (Phi) is 13.3. The minimum atomic E-state index is 0. The number of benzene rings is 1. The minimum Gasteiger partial charge on any atom is -0.490 e. The number of hydrogen-bond acceptors (Lipinski definition) is 6. The number of piperidine rings is 1. The standard InChI is InChI=1S/C28H41N3O3.2ClH/c1-4-5-11-26-25(21-12-14-24(15-13-21)34-23-9-7-6-8-10-23)18-28(30-29-26)33-20-22-19-31(2)17-16-27(22)32-3;;/h12-15,18,22-23,27H,4-11,16-17,19-20H2,1-3H3;2*1H/t22-,27-;;/m1../s1. The lowest BCUT2D eigenvalue weighted by Crippen LogP contribution is -2.44. The van der Waals surface area contributed by atoms with Gasteiger partial charge in [-0.3, -0.25) is 0 Å². The van der Waals surface area contributed by atoms with Crippen molar-refractivity contribution in [1.82, 2.24) is 15.1 Å². The quantitative estimate of drug-likeness (QED) is 0.348. The zero-order valence-electron chi connectivity index (χ0n) is 22.0. The highest BCUT2D eigenvalue weighted by Crippen LogP contribution is 2.30. The molecule has 6 nitrogen and oxygen atoms in total. The lowest BCUT2D eigenvalue weighted by Gasteiger charge is -2.35. The average Bonchev–Trinajstić information content (AvgIpc) is 2.87. The van der Waals surface area contributed by atoms with Gasteiger partial charge in [-0.05, 0) is 69.7 Å². The summed E-state index contributed by atoms with van der Waals surface area (Å²) < 4.78 is 18.1. The molecular formula is C28H43Cl2N3O3. The predicted octanol–water partition coefficient (Wildman–Crippen LogP) is 6.39. The van der Waals surface area contributed by atoms with Gasteiger partial charge in [0, 0.05) is 37.7 Å². The molecule has 4 rings (SSSR count). The summed E-state index contributed by atoms with van der Waals surface area (Å²) in [5.41, 5.74) is 3.27. The third-order valence-corrected chi connectivity index (χ3v) is 7.25. The molecule has 202 valence electrons. The molecule has 36 heavy (non-hydrogen) atoms. The second kappa shape index (κ2) is 15.6. The first kappa shape index (κ1) is 30.6. The molecule has 2 fully saturated rings. The Balaban J connectivity index is 0.00000228. The summed E-state index contributed by atoms with van der Waals surface area (Å²) in [7, 11) is 3.95. The van der Waals surface area contributed by atoms with Crippen molar-refractivity contribution in [3.8, 4) is 22.8 Å². The van der Waals surface area contributed by atoms with Crippen LogP contribution >= 0.6 is 24.8 Å². The van der Waals surface area contributed by atoms with Crippen LogP contribution in [-0.4, -0.2) is 61.2 Å². The van der Waals surface area contributed by atoms with E-state index in [1.165, 1.54) is 32.1 Å². The van der Waals surface area contributed by atoms with E-state index in [9.17, 15) is 0 Å². The normalized spacial score (nSPS) is 20.8. The molecule has 0 amide bonds. The Morgan fingerprint density at radius 1 is 1.00 bits per heavy atom. The molecule has 2 aromatic rings. The Labute approximate surface area is 229 Å². The van der Waals surface area contributed by atoms with Crippen molar-refractivity contribution < 1.29 is 14.2 Å². The van der Waals surface area contributed by atoms with E-state index in [-0.39, 0.29) is 30.9 Å². The van der Waals surface area contributed by atoms with Gasteiger partial charge in [-0.2, -0.15) is 5.10 Å². The summed E-state index contributed by atoms with van der Waals surface area (Å²) in [4.78, 5) is 2.34. The maximum Gasteiger partial charge on any atom is 0.234 e. The molecule has 1 aliphatic heterocycles. The van der Waals surface area contributed by atoms with Gasteiger partial charge in [0.25, 0.3) is 0 Å². The third-order valence-electron chi connectivity index (χ3n) is 7.25. The van der Waals surface area contributed by atoms with Gasteiger partial charge in [0.05, 0.1) is 24.5 Å². The van der Waals surface area contributed by atoms with Gasteiger partial charge in [-0.25, -0.2) is 0 Å². The van der Waals surface area contributed by atoms with Crippen LogP contribution in [0.4, 0.5) is 0 Å². The number of rotatable bonds is 10. The molecule has 1 aromatic carbocycles. The number of ether oxygens (including phenoxy) is 3. The van der Waals surface area contributed by atoms with E-state index in [0.717, 1.165) is 61.3 Å². The van der Waals surface area contributed by atoms with Crippen molar-refractivity contribution in [3.05, 3.63) is 36.0 Å². The second-order valence-electron chi connectivity index (χ2n) is 9.94. The van der Waals surface area contributed by atoms with Gasteiger partial charge in [0.2, 0.25) is 5.88 Å². The van der Waals surface area contributed by atoms with Crippen LogP contribution in [0, 0.1) is 5.92 Å². The minimum absolute atomic E-state index is 0. The molecule has 2 atom stereocenters. The van der Waals surface area contributed by atoms with Gasteiger partial charge in [-0.1, -0.05) is 31.9 Å². The SMILES string of the molecule is CCCCc1nnc(OC[C@H]2CN(C)CC[C@H]2OC)cc1-c1ccc(OC2CCCCC2)cc1.Cl.Cl. The first-order chi connectivity index (χ1) is 16.7. The molecule has 1 saturated heterocycles. The molecule has 2 heterocycles. The molecule has 0 spiro atoms. The van der Waals surface area contributed by atoms with Gasteiger partial charge < -0.3 is 19.1 Å². The summed E-state index contributed by atoms with van der Waals surface area (Å²) in [5, 5.41) is 8.99. The van der Waals surface area contributed by atoms with Crippen molar-refractivity contribution in [2.45, 2.75) is 76.9 Å². The topological polar surface area (TPSA) is 56.7 Å². The Hall–Kier alpha value is -1.60. The summed E-state index contributed by atoms with van der Waals surface area (Å²) >= 11 is 0. The first-order valence-corrected chi connectivity index (χ1v) is 13.1. The van der Waals surface area contributed by atoms with Crippen LogP contribution in [0.2, 0.25) is 0 Å². The van der Waals surface area contributed by atoms with Crippen LogP contribution in [0.3, 0.4) is 0 Å². The van der Waals surface area contributed by atoms with E-state index in [1.807, 2.05) is 0 Å². The largest absolute Gasteiger partial charge is 0.490 e. The zero-order chi connectivity index (χ0) is 23.8. The van der Waals surface area contributed by atoms with Crippen LogP contribution in [0.15, 0.2) is 30.3 Å². The van der Waals surface area contributed by atoms with E-state index in [1.54, 1.807) is 7.11 Å². The molecule has 2 aliphatic rings. The first-order valence-electron chi connectivity index (χ1n) is 13.1. The molecule has 0 bridgehead atoms. The monoisotopic (exact) mass is 539 g/mol. The fourth-order valence-corrected chi connectivity index (χ4v) is 5.19. The Morgan fingerprint density at radius 2 is 1.75 bits per heavy atom. The maximum atomic E-state index is 6.23. The van der Waals surface area contributed by atoms with Gasteiger partial charge in [-0.15, -0.1) is 29.9 Å². The van der Waals surface area contributed by atoms with Crippen LogP contribution in [0.25, 0.3) is 11.1 Å². The number of aromatic nitrogens is 2. The summed E-state index contributed by atoms with van der Waals surface area (Å²) in [6.45, 7) is 4.82. The maximum absolute atomic E-state index is 6.23. The van der Waals surface area contributed by atoms with Crippen molar-refractivity contribution in [2.24, 2.45) is 5.92 Å². The molecule has 1 aliphatic carbocycles. The number of methoxy groups -OCH3 is 1. The van der Waals surface area contributed by atoms with E-state index in [2.05, 4.69) is 59.4 Å². The lowest BCUT2D eigenvalue weighted by atomic mass is 9.96. The number of aryl methyl sites for hydroxylation is 1. The molecule has 1 aromatic heterocycles. The number of likely N-dealkylation sites (tertiary alicyclic amines) is 1. The number of nitrogens with zero attached hydrogens (tertiary/aromatic N) is 3. The highest BCUT2D eigenvalue weighted by atomic mass is 35.5. The van der Waals surface area contributed by atoms with E-state index in [4.69, 9.17) is 14.2 Å². The highest BCUT2D eigenvalue weighted by molar-refractivity contribution is 5.85. The fourth-order valence-electron chi connectivity index (χ4n) is 5.19. The molecule has 0 unspecified atom stereocenters. The van der Waals surface area contributed by atoms with Crippen LogP contribution < -0.4 is 9.47 Å². The van der Waals surface area contributed by atoms with Crippen molar-refractivity contribution in [1.29, 1.82) is 0 Å². The average molecular weight is 541 g/mol. The van der Waals surface area contributed by atoms with Gasteiger partial charge >= 0.3 is 0 Å². The van der Waals surface area contributed by atoms with Crippen LogP contribution in [0.5, 0.6) is 11.6 Å². The molecular weight excluding hydrogens is 497 g/mol. The fraction of sp³-hybridized carbons (Fsp3) is 0.643. The number of unbranched alkanes of at least 4 members (excludes halogenated alkanes) is 1. The molecule has 0 radical (unpaired) electrons. The zero-order valence-corrected chi connectivity index (χ0v) is 23.6. The third kappa shape index (κ3) is 8.47. The van der Waals surface area contributed by atoms with Gasteiger partial charge in [0.1, 0.15) is 5.75 Å². The Morgan fingerprint density at radius 3 is 2.44 bits per heavy atom. The molecule has 0 N–H and O–H groups in total. The predicted molar refractivity (Wildman–Crippen MR) is 150 cm³/mol. The van der Waals surface area contributed by atoms with E-state index >= 15 is 0 Å². The Bertz CT molecular complexity index is 894. The van der Waals surface area contributed by atoms with Crippen molar-refractivity contribution >= 4 is 24.8 Å². The molecule has 1 saturated carbocycles. The van der Waals surface area contributed by atoms with E-state index in [0.29, 0.717) is 24.5 Å². The van der Waals surface area contributed by atoms with Crippen molar-refractivity contribution in [2.75, 3.05) is 33.9 Å². The van der Waals surface area contributed by atoms with Crippen LogP contribution in [0.1, 0.15) is 64.0 Å². The van der Waals surface area contributed by atoms with Crippen molar-refractivity contribution in [3.63, 3.8) is 0 Å². The number of hydrogen-bond donors (Lipinski definition) is 0. The second-order valence-corrected chi connectivity index (χ2v) is 9.94. The van der Waals surface area contributed by atoms with Gasteiger partial charge in [0.15, 0.2) is 0 Å². The molecule has 8 heteroatoms. The summed E-state index contributed by atoms with van der Waals surface area (Å²) in [6, 6.07) is 10.5. The summed E-state index contributed by atoms with van der Waals surface area (Å²) in [6.07, 6.45) is 11.0.